The summed E-state index contributed by atoms with van der Waals surface area (Å²) < 4.78 is 0. The zero-order chi connectivity index (χ0) is 21.0. The Morgan fingerprint density at radius 3 is 2.45 bits per heavy atom. The molecule has 2 amide bonds. The first-order valence-electron chi connectivity index (χ1n) is 9.76. The summed E-state index contributed by atoms with van der Waals surface area (Å²) in [6.45, 7) is 3.11. The molecule has 0 aromatic heterocycles. The minimum Gasteiger partial charge on any atom is -0.378 e. The van der Waals surface area contributed by atoms with Crippen LogP contribution in [0.3, 0.4) is 0 Å². The number of hydrogen-bond acceptors (Lipinski definition) is 4. The van der Waals surface area contributed by atoms with Gasteiger partial charge >= 0.3 is 0 Å². The quantitative estimate of drug-likeness (QED) is 0.871. The molecule has 6 heteroatoms. The van der Waals surface area contributed by atoms with E-state index < -0.39 is 0 Å². The highest BCUT2D eigenvalue weighted by molar-refractivity contribution is 5.96. The number of nitrogens with one attached hydrogen (secondary N) is 1. The lowest BCUT2D eigenvalue weighted by Gasteiger charge is -2.32. The van der Waals surface area contributed by atoms with E-state index in [-0.39, 0.29) is 17.9 Å². The monoisotopic (exact) mass is 390 g/mol. The Bertz CT molecular complexity index is 954. The fraction of sp³-hybridized carbons (Fsp3) is 0.348. The van der Waals surface area contributed by atoms with Gasteiger partial charge in [-0.25, -0.2) is 0 Å². The molecular weight excluding hydrogens is 364 g/mol. The molecule has 0 unspecified atom stereocenters. The van der Waals surface area contributed by atoms with Crippen LogP contribution in [-0.4, -0.2) is 49.9 Å². The van der Waals surface area contributed by atoms with Crippen molar-refractivity contribution in [1.29, 1.82) is 5.26 Å². The number of nitriles is 1. The topological polar surface area (TPSA) is 76.4 Å². The fourth-order valence-electron chi connectivity index (χ4n) is 3.52. The third-order valence-corrected chi connectivity index (χ3v) is 5.21. The summed E-state index contributed by atoms with van der Waals surface area (Å²) in [7, 11) is 3.76. The standard InChI is InChI=1S/C23H26N4O2/c1-16-5-4-6-18(11-16)22(28)25-20-7-9-27(10-8-20)23(29)19-12-17(15-24)13-21(14-19)26(2)3/h4-6,11-14,20H,7-10H2,1-3H3,(H,25,28). The van der Waals surface area contributed by atoms with Gasteiger partial charge < -0.3 is 15.1 Å². The highest BCUT2D eigenvalue weighted by atomic mass is 16.2. The zero-order valence-electron chi connectivity index (χ0n) is 17.1. The highest BCUT2D eigenvalue weighted by Gasteiger charge is 2.25. The maximum Gasteiger partial charge on any atom is 0.253 e. The summed E-state index contributed by atoms with van der Waals surface area (Å²) in [4.78, 5) is 29.1. The van der Waals surface area contributed by atoms with Gasteiger partial charge in [-0.15, -0.1) is 0 Å². The van der Waals surface area contributed by atoms with Gasteiger partial charge in [-0.3, -0.25) is 9.59 Å². The number of aryl methyl sites for hydroxylation is 1. The van der Waals surface area contributed by atoms with Crippen LogP contribution in [0.4, 0.5) is 5.69 Å². The van der Waals surface area contributed by atoms with Crippen molar-refractivity contribution in [2.45, 2.75) is 25.8 Å². The SMILES string of the molecule is Cc1cccc(C(=O)NC2CCN(C(=O)c3cc(C#N)cc(N(C)C)c3)CC2)c1. The van der Waals surface area contributed by atoms with E-state index in [4.69, 9.17) is 0 Å². The van der Waals surface area contributed by atoms with E-state index in [9.17, 15) is 14.9 Å². The summed E-state index contributed by atoms with van der Waals surface area (Å²) in [5.41, 5.74) is 3.53. The Kier molecular flexibility index (Phi) is 6.18. The first-order valence-corrected chi connectivity index (χ1v) is 9.76. The van der Waals surface area contributed by atoms with E-state index in [1.165, 1.54) is 0 Å². The number of hydrogen-bond donors (Lipinski definition) is 1. The van der Waals surface area contributed by atoms with Gasteiger partial charge in [0.2, 0.25) is 0 Å². The minimum atomic E-state index is -0.0753. The van der Waals surface area contributed by atoms with Crippen molar-refractivity contribution >= 4 is 17.5 Å². The number of amides is 2. The van der Waals surface area contributed by atoms with Crippen molar-refractivity contribution in [2.24, 2.45) is 0 Å². The number of carbonyl (C=O) groups excluding carboxylic acids is 2. The van der Waals surface area contributed by atoms with Gasteiger partial charge in [0.25, 0.3) is 11.8 Å². The van der Waals surface area contributed by atoms with Crippen LogP contribution in [0.15, 0.2) is 42.5 Å². The first kappa shape index (κ1) is 20.4. The average Bonchev–Trinajstić information content (AvgIpc) is 2.73. The number of likely N-dealkylation sites (tertiary alicyclic amines) is 1. The number of carbonyl (C=O) groups is 2. The molecule has 6 nitrogen and oxygen atoms in total. The van der Waals surface area contributed by atoms with Crippen molar-refractivity contribution in [3.8, 4) is 6.07 Å². The molecule has 2 aromatic rings. The lowest BCUT2D eigenvalue weighted by Crippen LogP contribution is -2.46. The van der Waals surface area contributed by atoms with E-state index in [2.05, 4.69) is 11.4 Å². The molecule has 0 bridgehead atoms. The molecule has 1 heterocycles. The van der Waals surface area contributed by atoms with Gasteiger partial charge in [0, 0.05) is 50.0 Å². The van der Waals surface area contributed by atoms with Crippen LogP contribution in [-0.2, 0) is 0 Å². The van der Waals surface area contributed by atoms with Gasteiger partial charge in [0.05, 0.1) is 11.6 Å². The van der Waals surface area contributed by atoms with Crippen molar-refractivity contribution < 1.29 is 9.59 Å². The molecule has 150 valence electrons. The molecule has 1 saturated heterocycles. The van der Waals surface area contributed by atoms with E-state index in [1.807, 2.05) is 56.3 Å². The molecule has 1 N–H and O–H groups in total. The lowest BCUT2D eigenvalue weighted by atomic mass is 10.0. The van der Waals surface area contributed by atoms with E-state index in [0.29, 0.717) is 42.6 Å². The normalized spacial score (nSPS) is 14.2. The Balaban J connectivity index is 1.62. The minimum absolute atomic E-state index is 0.0508. The number of nitrogens with zero attached hydrogens (tertiary/aromatic N) is 3. The zero-order valence-corrected chi connectivity index (χ0v) is 17.1. The molecule has 3 rings (SSSR count). The van der Waals surface area contributed by atoms with Crippen molar-refractivity contribution in [3.05, 3.63) is 64.7 Å². The third-order valence-electron chi connectivity index (χ3n) is 5.21. The molecule has 0 radical (unpaired) electrons. The van der Waals surface area contributed by atoms with Crippen LogP contribution < -0.4 is 10.2 Å². The van der Waals surface area contributed by atoms with Crippen molar-refractivity contribution in [2.75, 3.05) is 32.1 Å². The second-order valence-electron chi connectivity index (χ2n) is 7.68. The molecule has 1 aliphatic rings. The van der Waals surface area contributed by atoms with Crippen LogP contribution in [0.25, 0.3) is 0 Å². The number of benzene rings is 2. The Morgan fingerprint density at radius 1 is 1.10 bits per heavy atom. The summed E-state index contributed by atoms with van der Waals surface area (Å²) in [5, 5.41) is 12.3. The van der Waals surface area contributed by atoms with Gasteiger partial charge in [0.1, 0.15) is 0 Å². The summed E-state index contributed by atoms with van der Waals surface area (Å²) in [6, 6.07) is 14.9. The average molecular weight is 390 g/mol. The van der Waals surface area contributed by atoms with Gasteiger partial charge in [-0.2, -0.15) is 5.26 Å². The summed E-state index contributed by atoms with van der Waals surface area (Å²) in [6.07, 6.45) is 1.42. The molecule has 0 spiro atoms. The summed E-state index contributed by atoms with van der Waals surface area (Å²) >= 11 is 0. The predicted molar refractivity (Wildman–Crippen MR) is 113 cm³/mol. The molecule has 1 aliphatic heterocycles. The van der Waals surface area contributed by atoms with Crippen molar-refractivity contribution in [1.82, 2.24) is 10.2 Å². The van der Waals surface area contributed by atoms with Crippen LogP contribution in [0.5, 0.6) is 0 Å². The van der Waals surface area contributed by atoms with Crippen LogP contribution in [0.1, 0.15) is 44.7 Å². The maximum atomic E-state index is 12.9. The van der Waals surface area contributed by atoms with Crippen molar-refractivity contribution in [3.63, 3.8) is 0 Å². The smallest absolute Gasteiger partial charge is 0.253 e. The van der Waals surface area contributed by atoms with Gasteiger partial charge in [-0.05, 0) is 50.1 Å². The van der Waals surface area contributed by atoms with Gasteiger partial charge in [-0.1, -0.05) is 17.7 Å². The molecule has 1 fully saturated rings. The third kappa shape index (κ3) is 4.94. The first-order chi connectivity index (χ1) is 13.9. The van der Waals surface area contributed by atoms with Crippen LogP contribution >= 0.6 is 0 Å². The molecule has 0 saturated carbocycles. The Hall–Kier alpha value is -3.33. The van der Waals surface area contributed by atoms with Gasteiger partial charge in [0.15, 0.2) is 0 Å². The number of rotatable bonds is 4. The second-order valence-corrected chi connectivity index (χ2v) is 7.68. The molecule has 2 aromatic carbocycles. The second kappa shape index (κ2) is 8.78. The fourth-order valence-corrected chi connectivity index (χ4v) is 3.52. The maximum absolute atomic E-state index is 12.9. The molecule has 0 aliphatic carbocycles. The molecule has 29 heavy (non-hydrogen) atoms. The number of anilines is 1. The number of piperidine rings is 1. The van der Waals surface area contributed by atoms with E-state index in [0.717, 1.165) is 11.3 Å². The Morgan fingerprint density at radius 2 is 1.83 bits per heavy atom. The highest BCUT2D eigenvalue weighted by Crippen LogP contribution is 2.20. The Labute approximate surface area is 171 Å². The van der Waals surface area contributed by atoms with E-state index >= 15 is 0 Å². The summed E-state index contributed by atoms with van der Waals surface area (Å²) in [5.74, 6) is -0.149. The molecular formula is C23H26N4O2. The van der Waals surface area contributed by atoms with E-state index in [1.54, 1.807) is 17.0 Å². The predicted octanol–water partition coefficient (Wildman–Crippen LogP) is 2.97. The van der Waals surface area contributed by atoms with Crippen LogP contribution in [0, 0.1) is 18.3 Å². The molecule has 0 atom stereocenters. The largest absolute Gasteiger partial charge is 0.378 e. The lowest BCUT2D eigenvalue weighted by molar-refractivity contribution is 0.0698. The van der Waals surface area contributed by atoms with Crippen LogP contribution in [0.2, 0.25) is 0 Å².